The van der Waals surface area contributed by atoms with E-state index in [2.05, 4.69) is 123 Å². The Morgan fingerprint density at radius 3 is 0.988 bits per heavy atom. The highest BCUT2D eigenvalue weighted by atomic mass is 16.7. The smallest absolute Gasteiger partial charge is 0.306 e. The van der Waals surface area contributed by atoms with Gasteiger partial charge in [-0.3, -0.25) is 9.59 Å². The van der Waals surface area contributed by atoms with Gasteiger partial charge in [0.1, 0.15) is 13.2 Å². The lowest BCUT2D eigenvalue weighted by Crippen LogP contribution is -2.44. The number of carboxylic acid groups (broad SMARTS) is 1. The molecule has 0 aromatic rings. The molecule has 464 valence electrons. The minimum Gasteiger partial charge on any atom is -0.545 e. The normalized spacial score (nSPS) is 13.4. The van der Waals surface area contributed by atoms with Gasteiger partial charge in [0.25, 0.3) is 0 Å². The van der Waals surface area contributed by atoms with Crippen LogP contribution >= 0.6 is 0 Å². The van der Waals surface area contributed by atoms with Gasteiger partial charge < -0.3 is 33.3 Å². The molecule has 9 nitrogen and oxygen atoms in total. The number of carbonyl (C=O) groups excluding carboxylic acids is 3. The molecule has 81 heavy (non-hydrogen) atoms. The van der Waals surface area contributed by atoms with Crippen molar-refractivity contribution in [3.05, 3.63) is 109 Å². The first-order chi connectivity index (χ1) is 39.6. The van der Waals surface area contributed by atoms with Crippen molar-refractivity contribution in [1.29, 1.82) is 0 Å². The van der Waals surface area contributed by atoms with E-state index >= 15 is 0 Å². The quantitative estimate of drug-likeness (QED) is 0.0195. The van der Waals surface area contributed by atoms with E-state index in [1.807, 2.05) is 21.1 Å². The summed E-state index contributed by atoms with van der Waals surface area (Å²) >= 11 is 0. The number of carboxylic acids is 1. The van der Waals surface area contributed by atoms with Crippen LogP contribution in [-0.4, -0.2) is 82.3 Å². The predicted molar refractivity (Wildman–Crippen MR) is 343 cm³/mol. The van der Waals surface area contributed by atoms with Gasteiger partial charge in [-0.25, -0.2) is 0 Å². The number of ether oxygens (including phenoxy) is 4. The van der Waals surface area contributed by atoms with Gasteiger partial charge in [0.05, 0.1) is 40.3 Å². The van der Waals surface area contributed by atoms with Gasteiger partial charge in [-0.05, 0) is 96.3 Å². The van der Waals surface area contributed by atoms with Crippen molar-refractivity contribution in [2.24, 2.45) is 0 Å². The molecule has 0 radical (unpaired) electrons. The maximum Gasteiger partial charge on any atom is 0.306 e. The first-order valence-corrected chi connectivity index (χ1v) is 33.0. The molecule has 0 heterocycles. The molecule has 2 atom stereocenters. The third-order valence-electron chi connectivity index (χ3n) is 14.0. The number of hydrogen-bond donors (Lipinski definition) is 0. The van der Waals surface area contributed by atoms with Crippen molar-refractivity contribution in [2.45, 2.75) is 283 Å². The highest BCUT2D eigenvalue weighted by molar-refractivity contribution is 5.70. The summed E-state index contributed by atoms with van der Waals surface area (Å²) in [5, 5.41) is 11.8. The number of hydrogen-bond acceptors (Lipinski definition) is 8. The predicted octanol–water partition coefficient (Wildman–Crippen LogP) is 18.9. The zero-order valence-electron chi connectivity index (χ0n) is 52.9. The molecule has 0 aliphatic heterocycles. The Balaban J connectivity index is 4.03. The summed E-state index contributed by atoms with van der Waals surface area (Å²) in [6.07, 6.45) is 83.2. The molecule has 9 heteroatoms. The van der Waals surface area contributed by atoms with E-state index in [9.17, 15) is 19.5 Å². The average Bonchev–Trinajstić information content (AvgIpc) is 3.44. The molecule has 0 bridgehead atoms. The van der Waals surface area contributed by atoms with E-state index in [0.29, 0.717) is 23.9 Å². The highest BCUT2D eigenvalue weighted by Gasteiger charge is 2.22. The summed E-state index contributed by atoms with van der Waals surface area (Å²) < 4.78 is 22.7. The third kappa shape index (κ3) is 63.4. The van der Waals surface area contributed by atoms with Crippen LogP contribution < -0.4 is 5.11 Å². The van der Waals surface area contributed by atoms with Gasteiger partial charge in [-0.2, -0.15) is 0 Å². The molecule has 2 unspecified atom stereocenters. The van der Waals surface area contributed by atoms with Crippen molar-refractivity contribution in [3.8, 4) is 0 Å². The molecule has 0 aromatic carbocycles. The molecule has 0 N–H and O–H groups in total. The number of allylic oxidation sites excluding steroid dienone is 18. The Morgan fingerprint density at radius 1 is 0.370 bits per heavy atom. The number of carbonyl (C=O) groups is 3. The number of unbranched alkanes of at least 4 members (excludes halogenated alkanes) is 27. The second kappa shape index (κ2) is 62.0. The monoisotopic (exact) mass is 1130 g/mol. The summed E-state index contributed by atoms with van der Waals surface area (Å²) in [7, 11) is 5.92. The van der Waals surface area contributed by atoms with E-state index in [1.165, 1.54) is 135 Å². The van der Waals surface area contributed by atoms with Gasteiger partial charge in [-0.15, -0.1) is 0 Å². The maximum absolute atomic E-state index is 12.9. The molecule has 0 aromatic heterocycles. The molecule has 0 saturated carbocycles. The number of likely N-dealkylation sites (N-methyl/N-ethyl adjacent to an activating group) is 1. The Morgan fingerprint density at radius 2 is 0.667 bits per heavy atom. The number of aliphatic carboxylic acids is 1. The summed E-state index contributed by atoms with van der Waals surface area (Å²) in [5.74, 6) is -2.31. The van der Waals surface area contributed by atoms with E-state index in [4.69, 9.17) is 18.9 Å². The van der Waals surface area contributed by atoms with Crippen molar-refractivity contribution < 1.29 is 42.9 Å². The largest absolute Gasteiger partial charge is 0.545 e. The summed E-state index contributed by atoms with van der Waals surface area (Å²) in [6, 6.07) is 0. The van der Waals surface area contributed by atoms with Crippen LogP contribution in [0, 0.1) is 0 Å². The van der Waals surface area contributed by atoms with Crippen LogP contribution in [0.15, 0.2) is 109 Å². The van der Waals surface area contributed by atoms with E-state index < -0.39 is 24.3 Å². The fourth-order valence-corrected chi connectivity index (χ4v) is 9.03. The summed E-state index contributed by atoms with van der Waals surface area (Å²) in [4.78, 5) is 37.3. The fourth-order valence-electron chi connectivity index (χ4n) is 9.03. The van der Waals surface area contributed by atoms with Crippen LogP contribution in [0.4, 0.5) is 0 Å². The molecule has 0 amide bonds. The molecule has 0 aliphatic carbocycles. The minimum atomic E-state index is -1.63. The minimum absolute atomic E-state index is 0.141. The van der Waals surface area contributed by atoms with Crippen molar-refractivity contribution in [1.82, 2.24) is 0 Å². The highest BCUT2D eigenvalue weighted by Crippen LogP contribution is 2.17. The fraction of sp³-hybridized carbons (Fsp3) is 0.708. The summed E-state index contributed by atoms with van der Waals surface area (Å²) in [5.41, 5.74) is 0. The zero-order valence-corrected chi connectivity index (χ0v) is 52.9. The number of rotatable bonds is 60. The lowest BCUT2D eigenvalue weighted by atomic mass is 10.0. The van der Waals surface area contributed by atoms with Gasteiger partial charge in [0, 0.05) is 12.8 Å². The number of quaternary nitrogens is 1. The number of nitrogens with zero attached hydrogens (tertiary/aromatic N) is 1. The van der Waals surface area contributed by atoms with Crippen LogP contribution in [0.1, 0.15) is 271 Å². The molecular weight excluding hydrogens is 1010 g/mol. The van der Waals surface area contributed by atoms with Crippen molar-refractivity contribution in [3.63, 3.8) is 0 Å². The zero-order chi connectivity index (χ0) is 59.1. The van der Waals surface area contributed by atoms with E-state index in [-0.39, 0.29) is 38.6 Å². The Labute approximate surface area is 498 Å². The molecule has 0 aliphatic rings. The van der Waals surface area contributed by atoms with Crippen LogP contribution in [-0.2, 0) is 33.3 Å². The topological polar surface area (TPSA) is 111 Å². The summed E-state index contributed by atoms with van der Waals surface area (Å²) in [6.45, 7) is 4.50. The van der Waals surface area contributed by atoms with Crippen LogP contribution in [0.25, 0.3) is 0 Å². The van der Waals surface area contributed by atoms with Gasteiger partial charge in [0.2, 0.25) is 0 Å². The molecule has 0 spiro atoms. The maximum atomic E-state index is 12.9. The first-order valence-electron chi connectivity index (χ1n) is 33.0. The lowest BCUT2D eigenvalue weighted by molar-refractivity contribution is -0.870. The molecular formula is C72H123NO8. The Kier molecular flexibility index (Phi) is 58.9. The number of esters is 2. The average molecular weight is 1130 g/mol. The second-order valence-corrected chi connectivity index (χ2v) is 23.0. The van der Waals surface area contributed by atoms with Gasteiger partial charge in [0.15, 0.2) is 12.4 Å². The third-order valence-corrected chi connectivity index (χ3v) is 14.0. The lowest BCUT2D eigenvalue weighted by Gasteiger charge is -2.26. The second-order valence-electron chi connectivity index (χ2n) is 23.0. The molecule has 0 rings (SSSR count). The first kappa shape index (κ1) is 77.0. The van der Waals surface area contributed by atoms with Gasteiger partial charge >= 0.3 is 11.9 Å². The van der Waals surface area contributed by atoms with Crippen LogP contribution in [0.5, 0.6) is 0 Å². The molecule has 0 saturated heterocycles. The van der Waals surface area contributed by atoms with Gasteiger partial charge in [-0.1, -0.05) is 271 Å². The standard InChI is InChI=1S/C72H123NO8/c1-6-8-10-12-14-16-18-20-22-24-25-26-27-28-29-30-31-32-33-34-35-36-37-38-39-40-41-42-43-44-45-47-49-51-53-55-57-59-61-63-70(75)81-68(67-80-72(71(76)77)78-65-64-73(3,4)5)66-79-69(74)62-60-58-56-54-52-50-48-46-23-21-19-17-15-13-11-9-7-2/h8-11,14-17,20-23,25-26,28-29,48,50,68,72H,6-7,12-13,18-19,24,27,30-47,49,51-67H2,1-5H3/b10-8-,11-9-,16-14-,17-15-,22-20-,23-21-,26-25-,29-28-,50-48-. The SMILES string of the molecule is CC/C=C\C/C=C\C/C=C\C/C=C\C/C=C\CCCCCCCCCCCCCCCCCCCCCCCCCC(=O)OC(COC(=O)CCCCCC/C=C\C/C=C\C/C=C\C/C=C\CC)COC(OCC[N+](C)(C)C)C(=O)[O-]. The van der Waals surface area contributed by atoms with Crippen LogP contribution in [0.3, 0.4) is 0 Å². The Hall–Kier alpha value is -4.05. The van der Waals surface area contributed by atoms with Crippen molar-refractivity contribution in [2.75, 3.05) is 47.5 Å². The van der Waals surface area contributed by atoms with Crippen LogP contribution in [0.2, 0.25) is 0 Å². The molecule has 0 fully saturated rings. The van der Waals surface area contributed by atoms with Crippen molar-refractivity contribution >= 4 is 17.9 Å². The Bertz CT molecular complexity index is 1700. The van der Waals surface area contributed by atoms with E-state index in [1.54, 1.807) is 0 Å². The van der Waals surface area contributed by atoms with E-state index in [0.717, 1.165) is 96.3 Å².